The van der Waals surface area contributed by atoms with Crippen LogP contribution in [0.1, 0.15) is 18.1 Å². The molecule has 0 amide bonds. The van der Waals surface area contributed by atoms with Gasteiger partial charge < -0.3 is 9.84 Å². The molecule has 0 bridgehead atoms. The quantitative estimate of drug-likeness (QED) is 0.896. The van der Waals surface area contributed by atoms with Crippen LogP contribution in [0.3, 0.4) is 0 Å². The molecule has 1 aliphatic rings. The van der Waals surface area contributed by atoms with Crippen molar-refractivity contribution in [3.63, 3.8) is 0 Å². The number of aliphatic hydroxyl groups excluding tert-OH is 1. The number of aliphatic hydroxyl groups is 1. The lowest BCUT2D eigenvalue weighted by atomic mass is 10.1. The molecule has 1 aromatic carbocycles. The summed E-state index contributed by atoms with van der Waals surface area (Å²) in [6.07, 6.45) is 0. The summed E-state index contributed by atoms with van der Waals surface area (Å²) in [5.74, 6) is 0. The first-order chi connectivity index (χ1) is 8.98. The van der Waals surface area contributed by atoms with Crippen molar-refractivity contribution in [3.05, 3.63) is 29.3 Å². The molecular formula is C13H19NO4S. The second kappa shape index (κ2) is 5.58. The van der Waals surface area contributed by atoms with Gasteiger partial charge in [-0.15, -0.1) is 0 Å². The predicted molar refractivity (Wildman–Crippen MR) is 71.3 cm³/mol. The van der Waals surface area contributed by atoms with Crippen LogP contribution in [0, 0.1) is 6.92 Å². The van der Waals surface area contributed by atoms with E-state index in [2.05, 4.69) is 0 Å². The van der Waals surface area contributed by atoms with Crippen molar-refractivity contribution in [1.29, 1.82) is 0 Å². The average Bonchev–Trinajstić information content (AvgIpc) is 2.39. The van der Waals surface area contributed by atoms with Gasteiger partial charge in [0.1, 0.15) is 0 Å². The van der Waals surface area contributed by atoms with Gasteiger partial charge in [0.15, 0.2) is 0 Å². The molecule has 6 heteroatoms. The van der Waals surface area contributed by atoms with E-state index in [1.54, 1.807) is 25.1 Å². The van der Waals surface area contributed by atoms with Gasteiger partial charge in [0.05, 0.1) is 24.7 Å². The van der Waals surface area contributed by atoms with Crippen molar-refractivity contribution in [2.75, 3.05) is 19.8 Å². The Bertz CT molecular complexity index is 556. The normalized spacial score (nSPS) is 21.5. The third-order valence-corrected chi connectivity index (χ3v) is 5.62. The molecule has 1 heterocycles. The van der Waals surface area contributed by atoms with E-state index in [1.165, 1.54) is 4.31 Å². The lowest BCUT2D eigenvalue weighted by Crippen LogP contribution is -2.47. The van der Waals surface area contributed by atoms with E-state index in [1.807, 2.05) is 6.92 Å². The first-order valence-electron chi connectivity index (χ1n) is 6.27. The zero-order chi connectivity index (χ0) is 14.0. The Morgan fingerprint density at radius 3 is 2.84 bits per heavy atom. The smallest absolute Gasteiger partial charge is 0.243 e. The van der Waals surface area contributed by atoms with Gasteiger partial charge in [0, 0.05) is 12.6 Å². The average molecular weight is 285 g/mol. The summed E-state index contributed by atoms with van der Waals surface area (Å²) in [6.45, 7) is 4.60. The molecule has 0 spiro atoms. The molecule has 0 aromatic heterocycles. The van der Waals surface area contributed by atoms with Gasteiger partial charge >= 0.3 is 0 Å². The number of ether oxygens (including phenoxy) is 1. The van der Waals surface area contributed by atoms with E-state index in [0.717, 1.165) is 0 Å². The van der Waals surface area contributed by atoms with Crippen molar-refractivity contribution in [3.8, 4) is 0 Å². The first kappa shape index (κ1) is 14.5. The van der Waals surface area contributed by atoms with Crippen molar-refractivity contribution in [1.82, 2.24) is 4.31 Å². The topological polar surface area (TPSA) is 66.8 Å². The molecule has 1 fully saturated rings. The second-order valence-electron chi connectivity index (χ2n) is 4.74. The summed E-state index contributed by atoms with van der Waals surface area (Å²) in [6, 6.07) is 4.82. The van der Waals surface area contributed by atoms with Crippen molar-refractivity contribution < 1.29 is 18.3 Å². The summed E-state index contributed by atoms with van der Waals surface area (Å²) in [5.41, 5.74) is 1.26. The fourth-order valence-corrected chi connectivity index (χ4v) is 4.18. The van der Waals surface area contributed by atoms with Gasteiger partial charge in [-0.2, -0.15) is 4.31 Å². The molecule has 5 nitrogen and oxygen atoms in total. The summed E-state index contributed by atoms with van der Waals surface area (Å²) < 4.78 is 32.1. The minimum absolute atomic E-state index is 0.159. The highest BCUT2D eigenvalue weighted by Crippen LogP contribution is 2.25. The van der Waals surface area contributed by atoms with Gasteiger partial charge in [-0.1, -0.05) is 12.1 Å². The Morgan fingerprint density at radius 1 is 1.47 bits per heavy atom. The van der Waals surface area contributed by atoms with Crippen LogP contribution in [0.4, 0.5) is 0 Å². The molecule has 1 aliphatic heterocycles. The summed E-state index contributed by atoms with van der Waals surface area (Å²) >= 11 is 0. The number of sulfonamides is 1. The van der Waals surface area contributed by atoms with Crippen LogP contribution < -0.4 is 0 Å². The third-order valence-electron chi connectivity index (χ3n) is 3.46. The molecule has 1 unspecified atom stereocenters. The fourth-order valence-electron chi connectivity index (χ4n) is 2.31. The molecule has 1 N–H and O–H groups in total. The van der Waals surface area contributed by atoms with Gasteiger partial charge in [0.25, 0.3) is 0 Å². The van der Waals surface area contributed by atoms with Crippen LogP contribution in [0.25, 0.3) is 0 Å². The van der Waals surface area contributed by atoms with Crippen molar-refractivity contribution in [2.24, 2.45) is 0 Å². The summed E-state index contributed by atoms with van der Waals surface area (Å²) in [7, 11) is -3.53. The third kappa shape index (κ3) is 2.67. The molecular weight excluding hydrogens is 266 g/mol. The van der Waals surface area contributed by atoms with Crippen LogP contribution in [0.15, 0.2) is 23.1 Å². The highest BCUT2D eigenvalue weighted by Gasteiger charge is 2.32. The number of benzene rings is 1. The predicted octanol–water partition coefficient (Wildman–Crippen LogP) is 0.897. The van der Waals surface area contributed by atoms with Gasteiger partial charge in [0.2, 0.25) is 10.0 Å². The molecule has 1 aromatic rings. The van der Waals surface area contributed by atoms with Crippen LogP contribution in [-0.2, 0) is 21.4 Å². The maximum absolute atomic E-state index is 12.7. The minimum Gasteiger partial charge on any atom is -0.392 e. The molecule has 1 saturated heterocycles. The van der Waals surface area contributed by atoms with Crippen LogP contribution >= 0.6 is 0 Å². The number of morpholine rings is 1. The van der Waals surface area contributed by atoms with Gasteiger partial charge in [-0.05, 0) is 31.0 Å². The molecule has 1 atom stereocenters. The highest BCUT2D eigenvalue weighted by molar-refractivity contribution is 7.89. The van der Waals surface area contributed by atoms with Crippen LogP contribution in [0.2, 0.25) is 0 Å². The molecule has 2 rings (SSSR count). The standard InChI is InChI=1S/C13H19NO4S/c1-10-9-18-7-6-14(10)19(16,17)13-5-3-4-12(8-15)11(13)2/h3-5,10,15H,6-9H2,1-2H3. The lowest BCUT2D eigenvalue weighted by molar-refractivity contribution is 0.0392. The van der Waals surface area contributed by atoms with E-state index in [9.17, 15) is 13.5 Å². The molecule has 19 heavy (non-hydrogen) atoms. The zero-order valence-electron chi connectivity index (χ0n) is 11.2. The minimum atomic E-state index is -3.53. The van der Waals surface area contributed by atoms with E-state index in [-0.39, 0.29) is 17.5 Å². The second-order valence-corrected chi connectivity index (χ2v) is 6.60. The molecule has 0 aliphatic carbocycles. The van der Waals surface area contributed by atoms with Crippen molar-refractivity contribution in [2.45, 2.75) is 31.4 Å². The van der Waals surface area contributed by atoms with E-state index >= 15 is 0 Å². The summed E-state index contributed by atoms with van der Waals surface area (Å²) in [4.78, 5) is 0.271. The Balaban J connectivity index is 2.44. The maximum Gasteiger partial charge on any atom is 0.243 e. The SMILES string of the molecule is Cc1c(CO)cccc1S(=O)(=O)N1CCOCC1C. The van der Waals surface area contributed by atoms with E-state index in [0.29, 0.717) is 30.9 Å². The Kier molecular flexibility index (Phi) is 4.25. The Morgan fingerprint density at radius 2 is 2.21 bits per heavy atom. The summed E-state index contributed by atoms with van der Waals surface area (Å²) in [5, 5.41) is 9.24. The molecule has 0 saturated carbocycles. The van der Waals surface area contributed by atoms with Crippen LogP contribution in [0.5, 0.6) is 0 Å². The van der Waals surface area contributed by atoms with E-state index < -0.39 is 10.0 Å². The maximum atomic E-state index is 12.7. The van der Waals surface area contributed by atoms with Crippen molar-refractivity contribution >= 4 is 10.0 Å². The lowest BCUT2D eigenvalue weighted by Gasteiger charge is -2.32. The largest absolute Gasteiger partial charge is 0.392 e. The Hall–Kier alpha value is -0.950. The number of nitrogens with zero attached hydrogens (tertiary/aromatic N) is 1. The zero-order valence-corrected chi connectivity index (χ0v) is 12.0. The molecule has 106 valence electrons. The monoisotopic (exact) mass is 285 g/mol. The van der Waals surface area contributed by atoms with Crippen LogP contribution in [-0.4, -0.2) is 43.6 Å². The fraction of sp³-hybridized carbons (Fsp3) is 0.538. The van der Waals surface area contributed by atoms with E-state index in [4.69, 9.17) is 4.74 Å². The van der Waals surface area contributed by atoms with Gasteiger partial charge in [-0.25, -0.2) is 8.42 Å². The molecule has 0 radical (unpaired) electrons. The van der Waals surface area contributed by atoms with Gasteiger partial charge in [-0.3, -0.25) is 0 Å². The number of hydrogen-bond acceptors (Lipinski definition) is 4. The first-order valence-corrected chi connectivity index (χ1v) is 7.71. The highest BCUT2D eigenvalue weighted by atomic mass is 32.2. The Labute approximate surface area is 113 Å². The number of hydrogen-bond donors (Lipinski definition) is 1. The number of rotatable bonds is 3.